The molecule has 0 aromatic carbocycles. The fourth-order valence-electron chi connectivity index (χ4n) is 2.23. The summed E-state index contributed by atoms with van der Waals surface area (Å²) in [5.41, 5.74) is 0.720. The Bertz CT molecular complexity index is 458. The third kappa shape index (κ3) is 5.64. The molecule has 1 unspecified atom stereocenters. The lowest BCUT2D eigenvalue weighted by molar-refractivity contribution is 0.0131. The van der Waals surface area contributed by atoms with Gasteiger partial charge in [-0.15, -0.1) is 0 Å². The Morgan fingerprint density at radius 2 is 1.83 bits per heavy atom. The highest BCUT2D eigenvalue weighted by molar-refractivity contribution is 6.74. The van der Waals surface area contributed by atoms with Gasteiger partial charge in [-0.1, -0.05) is 32.4 Å². The highest BCUT2D eigenvalue weighted by Crippen LogP contribution is 2.37. The molecule has 0 radical (unpaired) electrons. The SMILES string of the molecule is CC1=CCCN(C(=O)OC(C)(C)C)C1CO[Si](C)(C)C(C)(C)C. The number of rotatable bonds is 3. The van der Waals surface area contributed by atoms with Crippen LogP contribution in [0.4, 0.5) is 4.79 Å². The molecule has 1 aliphatic rings. The van der Waals surface area contributed by atoms with Crippen molar-refractivity contribution in [2.75, 3.05) is 13.2 Å². The van der Waals surface area contributed by atoms with Gasteiger partial charge < -0.3 is 9.16 Å². The van der Waals surface area contributed by atoms with Crippen molar-refractivity contribution in [1.29, 1.82) is 0 Å². The first-order valence-corrected chi connectivity index (χ1v) is 11.5. The highest BCUT2D eigenvalue weighted by atomic mass is 28.4. The molecule has 0 aromatic rings. The second kappa shape index (κ2) is 6.97. The minimum atomic E-state index is -1.84. The maximum Gasteiger partial charge on any atom is 0.410 e. The van der Waals surface area contributed by atoms with E-state index in [1.165, 1.54) is 5.57 Å². The second-order valence-electron chi connectivity index (χ2n) is 9.00. The van der Waals surface area contributed by atoms with Crippen LogP contribution in [-0.4, -0.2) is 44.1 Å². The van der Waals surface area contributed by atoms with Gasteiger partial charge in [-0.2, -0.15) is 0 Å². The van der Waals surface area contributed by atoms with Crippen LogP contribution in [-0.2, 0) is 9.16 Å². The van der Waals surface area contributed by atoms with E-state index in [0.717, 1.165) is 6.42 Å². The number of amides is 1. The molecule has 0 saturated heterocycles. The lowest BCUT2D eigenvalue weighted by Gasteiger charge is -2.41. The number of hydrogen-bond acceptors (Lipinski definition) is 3. The molecule has 134 valence electrons. The zero-order valence-corrected chi connectivity index (χ0v) is 17.4. The predicted molar refractivity (Wildman–Crippen MR) is 98.3 cm³/mol. The van der Waals surface area contributed by atoms with E-state index in [0.29, 0.717) is 13.2 Å². The van der Waals surface area contributed by atoms with E-state index in [1.807, 2.05) is 25.7 Å². The fraction of sp³-hybridized carbons (Fsp3) is 0.833. The molecule has 5 heteroatoms. The van der Waals surface area contributed by atoms with Crippen molar-refractivity contribution < 1.29 is 14.0 Å². The van der Waals surface area contributed by atoms with Crippen molar-refractivity contribution in [2.24, 2.45) is 0 Å². The zero-order valence-electron chi connectivity index (χ0n) is 16.4. The summed E-state index contributed by atoms with van der Waals surface area (Å²) in [5.74, 6) is 0. The summed E-state index contributed by atoms with van der Waals surface area (Å²) in [7, 11) is -1.84. The molecule has 4 nitrogen and oxygen atoms in total. The summed E-state index contributed by atoms with van der Waals surface area (Å²) < 4.78 is 11.9. The maximum atomic E-state index is 12.5. The summed E-state index contributed by atoms with van der Waals surface area (Å²) in [4.78, 5) is 14.4. The van der Waals surface area contributed by atoms with Gasteiger partial charge in [0.05, 0.1) is 12.6 Å². The lowest BCUT2D eigenvalue weighted by Crippen LogP contribution is -2.51. The van der Waals surface area contributed by atoms with Crippen LogP contribution in [0, 0.1) is 0 Å². The van der Waals surface area contributed by atoms with Gasteiger partial charge >= 0.3 is 6.09 Å². The van der Waals surface area contributed by atoms with Crippen molar-refractivity contribution >= 4 is 14.4 Å². The van der Waals surface area contributed by atoms with Crippen LogP contribution in [0.5, 0.6) is 0 Å². The van der Waals surface area contributed by atoms with Crippen LogP contribution in [0.25, 0.3) is 0 Å². The molecule has 0 saturated carbocycles. The summed E-state index contributed by atoms with van der Waals surface area (Å²) >= 11 is 0. The maximum absolute atomic E-state index is 12.5. The third-order valence-electron chi connectivity index (χ3n) is 4.77. The monoisotopic (exact) mass is 341 g/mol. The molecule has 0 aliphatic carbocycles. The van der Waals surface area contributed by atoms with Gasteiger partial charge in [0.15, 0.2) is 8.32 Å². The van der Waals surface area contributed by atoms with Crippen molar-refractivity contribution in [1.82, 2.24) is 4.90 Å². The van der Waals surface area contributed by atoms with Gasteiger partial charge in [0.1, 0.15) is 5.60 Å². The number of carbonyl (C=O) groups is 1. The van der Waals surface area contributed by atoms with Crippen molar-refractivity contribution in [3.05, 3.63) is 11.6 Å². The number of ether oxygens (including phenoxy) is 1. The molecular weight excluding hydrogens is 306 g/mol. The average molecular weight is 342 g/mol. The quantitative estimate of drug-likeness (QED) is 0.538. The molecule has 1 atom stereocenters. The van der Waals surface area contributed by atoms with Crippen LogP contribution in [0.1, 0.15) is 54.9 Å². The lowest BCUT2D eigenvalue weighted by atomic mass is 10.0. The van der Waals surface area contributed by atoms with Gasteiger partial charge in [0.2, 0.25) is 0 Å². The van der Waals surface area contributed by atoms with E-state index in [4.69, 9.17) is 9.16 Å². The van der Waals surface area contributed by atoms with Crippen molar-refractivity contribution in [2.45, 2.75) is 84.7 Å². The number of hydrogen-bond donors (Lipinski definition) is 0. The molecule has 1 rings (SSSR count). The van der Waals surface area contributed by atoms with Gasteiger partial charge in [-0.25, -0.2) is 4.79 Å². The van der Waals surface area contributed by atoms with Gasteiger partial charge in [-0.3, -0.25) is 4.90 Å². The Morgan fingerprint density at radius 1 is 1.26 bits per heavy atom. The molecule has 0 bridgehead atoms. The van der Waals surface area contributed by atoms with Gasteiger partial charge in [0.25, 0.3) is 0 Å². The Balaban J connectivity index is 2.85. The molecule has 1 amide bonds. The Kier molecular flexibility index (Phi) is 6.13. The molecule has 1 heterocycles. The van der Waals surface area contributed by atoms with E-state index in [2.05, 4.69) is 46.9 Å². The first kappa shape index (κ1) is 20.2. The Labute approximate surface area is 143 Å². The number of carbonyl (C=O) groups excluding carboxylic acids is 1. The van der Waals surface area contributed by atoms with Crippen LogP contribution in [0.15, 0.2) is 11.6 Å². The average Bonchev–Trinajstić information content (AvgIpc) is 2.33. The third-order valence-corrected chi connectivity index (χ3v) is 9.28. The largest absolute Gasteiger partial charge is 0.444 e. The molecule has 0 aromatic heterocycles. The highest BCUT2D eigenvalue weighted by Gasteiger charge is 2.39. The molecule has 0 spiro atoms. The second-order valence-corrected chi connectivity index (χ2v) is 13.8. The fourth-order valence-corrected chi connectivity index (χ4v) is 3.24. The van der Waals surface area contributed by atoms with E-state index >= 15 is 0 Å². The van der Waals surface area contributed by atoms with Gasteiger partial charge in [0, 0.05) is 6.54 Å². The van der Waals surface area contributed by atoms with E-state index in [-0.39, 0.29) is 17.2 Å². The number of nitrogens with zero attached hydrogens (tertiary/aromatic N) is 1. The smallest absolute Gasteiger partial charge is 0.410 e. The van der Waals surface area contributed by atoms with Crippen LogP contribution < -0.4 is 0 Å². The van der Waals surface area contributed by atoms with Crippen molar-refractivity contribution in [3.63, 3.8) is 0 Å². The molecular formula is C18H35NO3Si. The molecule has 1 aliphatic heterocycles. The first-order chi connectivity index (χ1) is 10.2. The van der Waals surface area contributed by atoms with E-state index < -0.39 is 13.9 Å². The topological polar surface area (TPSA) is 38.8 Å². The first-order valence-electron chi connectivity index (χ1n) is 8.55. The van der Waals surface area contributed by atoms with Crippen LogP contribution in [0.2, 0.25) is 18.1 Å². The van der Waals surface area contributed by atoms with Crippen molar-refractivity contribution in [3.8, 4) is 0 Å². The summed E-state index contributed by atoms with van der Waals surface area (Å²) in [6.45, 7) is 20.2. The molecule has 23 heavy (non-hydrogen) atoms. The normalized spacial score (nSPS) is 20.3. The summed E-state index contributed by atoms with van der Waals surface area (Å²) in [6.07, 6.45) is 2.84. The minimum absolute atomic E-state index is 0.0206. The van der Waals surface area contributed by atoms with E-state index in [1.54, 1.807) is 0 Å². The Morgan fingerprint density at radius 3 is 2.30 bits per heavy atom. The predicted octanol–water partition coefficient (Wildman–Crippen LogP) is 4.96. The van der Waals surface area contributed by atoms with E-state index in [9.17, 15) is 4.79 Å². The summed E-state index contributed by atoms with van der Waals surface area (Å²) in [6, 6.07) is -0.0206. The van der Waals surface area contributed by atoms with Gasteiger partial charge in [-0.05, 0) is 52.2 Å². The standard InChI is InChI=1S/C18H35NO3Si/c1-14-11-10-12-19(16(20)22-17(2,3)4)15(14)13-21-23(8,9)18(5,6)7/h11,15H,10,12-13H2,1-9H3. The molecule has 0 N–H and O–H groups in total. The molecule has 0 fully saturated rings. The Hall–Kier alpha value is -0.813. The zero-order chi connectivity index (χ0) is 18.1. The minimum Gasteiger partial charge on any atom is -0.444 e. The van der Waals surface area contributed by atoms with Crippen LogP contribution in [0.3, 0.4) is 0 Å². The summed E-state index contributed by atoms with van der Waals surface area (Å²) in [5, 5.41) is 0.163. The van der Waals surface area contributed by atoms with Crippen LogP contribution >= 0.6 is 0 Å².